The maximum absolute atomic E-state index is 3.24. The average Bonchev–Trinajstić information content (AvgIpc) is 2.33. The van der Waals surface area contributed by atoms with Gasteiger partial charge in [0, 0.05) is 11.4 Å². The Morgan fingerprint density at radius 3 is 3.44 bits per heavy atom. The smallest absolute Gasteiger partial charge is 0.0656 e. The van der Waals surface area contributed by atoms with Crippen LogP contribution in [-0.2, 0) is 6.54 Å². The van der Waals surface area contributed by atoms with Crippen LogP contribution in [0, 0.1) is 0 Å². The zero-order chi connectivity index (χ0) is 6.10. The van der Waals surface area contributed by atoms with Crippen molar-refractivity contribution < 1.29 is 0 Å². The van der Waals surface area contributed by atoms with Crippen LogP contribution in [0.4, 0.5) is 5.69 Å². The molecule has 2 rings (SSSR count). The lowest BCUT2D eigenvalue weighted by atomic mass is 10.3. The average molecular weight is 140 g/mol. The molecule has 0 radical (unpaired) electrons. The topological polar surface area (TPSA) is 24.1 Å². The zero-order valence-corrected chi connectivity index (χ0v) is 5.79. The van der Waals surface area contributed by atoms with Crippen LogP contribution < -0.4 is 10.6 Å². The van der Waals surface area contributed by atoms with Gasteiger partial charge in [0.05, 0.1) is 12.4 Å². The van der Waals surface area contributed by atoms with Gasteiger partial charge in [-0.1, -0.05) is 0 Å². The van der Waals surface area contributed by atoms with Crippen molar-refractivity contribution in [2.45, 2.75) is 6.54 Å². The number of thiophene rings is 1. The van der Waals surface area contributed by atoms with Crippen molar-refractivity contribution in [3.05, 3.63) is 16.3 Å². The predicted octanol–water partition coefficient (Wildman–Crippen LogP) is 1.22. The van der Waals surface area contributed by atoms with Crippen LogP contribution in [-0.4, -0.2) is 6.67 Å². The highest BCUT2D eigenvalue weighted by molar-refractivity contribution is 7.10. The molecule has 0 aromatic carbocycles. The lowest BCUT2D eigenvalue weighted by Crippen LogP contribution is -2.25. The molecular formula is C6H8N2S. The minimum absolute atomic E-state index is 0.906. The second kappa shape index (κ2) is 2.01. The van der Waals surface area contributed by atoms with E-state index < -0.39 is 0 Å². The third-order valence-corrected chi connectivity index (χ3v) is 2.36. The summed E-state index contributed by atoms with van der Waals surface area (Å²) in [5, 5.41) is 8.58. The first-order valence-corrected chi connectivity index (χ1v) is 3.86. The van der Waals surface area contributed by atoms with Crippen molar-refractivity contribution in [2.75, 3.05) is 12.0 Å². The molecule has 1 aromatic rings. The van der Waals surface area contributed by atoms with Crippen molar-refractivity contribution in [3.8, 4) is 0 Å². The lowest BCUT2D eigenvalue weighted by molar-refractivity contribution is 0.720. The molecular weight excluding hydrogens is 132 g/mol. The molecule has 2 nitrogen and oxygen atoms in total. The van der Waals surface area contributed by atoms with Crippen LogP contribution in [0.2, 0.25) is 0 Å². The highest BCUT2D eigenvalue weighted by Crippen LogP contribution is 2.23. The summed E-state index contributed by atoms with van der Waals surface area (Å²) in [7, 11) is 0. The van der Waals surface area contributed by atoms with E-state index in [2.05, 4.69) is 22.1 Å². The van der Waals surface area contributed by atoms with Crippen LogP contribution >= 0.6 is 11.3 Å². The van der Waals surface area contributed by atoms with E-state index in [0.29, 0.717) is 0 Å². The van der Waals surface area contributed by atoms with Gasteiger partial charge in [-0.25, -0.2) is 0 Å². The summed E-state index contributed by atoms with van der Waals surface area (Å²) in [6, 6.07) is 2.13. The van der Waals surface area contributed by atoms with Gasteiger partial charge in [0.1, 0.15) is 0 Å². The van der Waals surface area contributed by atoms with Crippen molar-refractivity contribution in [1.82, 2.24) is 5.32 Å². The highest BCUT2D eigenvalue weighted by atomic mass is 32.1. The number of nitrogens with one attached hydrogen (secondary N) is 2. The van der Waals surface area contributed by atoms with E-state index in [1.54, 1.807) is 11.3 Å². The first-order valence-electron chi connectivity index (χ1n) is 2.98. The fourth-order valence-electron chi connectivity index (χ4n) is 0.969. The molecule has 0 aliphatic carbocycles. The predicted molar refractivity (Wildman–Crippen MR) is 39.6 cm³/mol. The summed E-state index contributed by atoms with van der Waals surface area (Å²) in [6.07, 6.45) is 0. The maximum Gasteiger partial charge on any atom is 0.0656 e. The van der Waals surface area contributed by atoms with Crippen molar-refractivity contribution in [1.29, 1.82) is 0 Å². The molecule has 2 heterocycles. The summed E-state index contributed by atoms with van der Waals surface area (Å²) >= 11 is 1.80. The first kappa shape index (κ1) is 5.26. The molecule has 0 atom stereocenters. The molecule has 1 aliphatic rings. The van der Waals surface area contributed by atoms with E-state index in [-0.39, 0.29) is 0 Å². The molecule has 0 spiro atoms. The van der Waals surface area contributed by atoms with E-state index in [4.69, 9.17) is 0 Å². The van der Waals surface area contributed by atoms with E-state index in [1.807, 2.05) is 0 Å². The Labute approximate surface area is 57.9 Å². The minimum Gasteiger partial charge on any atom is -0.372 e. The number of rotatable bonds is 0. The molecule has 48 valence electrons. The van der Waals surface area contributed by atoms with Crippen molar-refractivity contribution in [3.63, 3.8) is 0 Å². The van der Waals surface area contributed by atoms with Crippen LogP contribution in [0.1, 0.15) is 4.88 Å². The van der Waals surface area contributed by atoms with Crippen LogP contribution in [0.15, 0.2) is 11.4 Å². The van der Waals surface area contributed by atoms with E-state index >= 15 is 0 Å². The van der Waals surface area contributed by atoms with Gasteiger partial charge >= 0.3 is 0 Å². The summed E-state index contributed by atoms with van der Waals surface area (Å²) < 4.78 is 0. The Morgan fingerprint density at radius 1 is 1.56 bits per heavy atom. The quantitative estimate of drug-likeness (QED) is 0.566. The van der Waals surface area contributed by atoms with E-state index in [1.165, 1.54) is 10.6 Å². The van der Waals surface area contributed by atoms with Gasteiger partial charge in [-0.05, 0) is 11.4 Å². The second-order valence-corrected chi connectivity index (χ2v) is 3.04. The number of hydrogen-bond acceptors (Lipinski definition) is 3. The van der Waals surface area contributed by atoms with Crippen molar-refractivity contribution >= 4 is 17.0 Å². The molecule has 1 aliphatic heterocycles. The standard InChI is InChI=1S/C6H8N2S/c1-2-9-6-3-7-4-8-5(1)6/h1-2,7-8H,3-4H2. The summed E-state index contributed by atoms with van der Waals surface area (Å²) in [4.78, 5) is 1.42. The van der Waals surface area contributed by atoms with Crippen LogP contribution in [0.5, 0.6) is 0 Å². The number of anilines is 1. The molecule has 0 unspecified atom stereocenters. The number of hydrogen-bond donors (Lipinski definition) is 2. The molecule has 0 saturated carbocycles. The highest BCUT2D eigenvalue weighted by Gasteiger charge is 2.06. The Kier molecular flexibility index (Phi) is 1.17. The van der Waals surface area contributed by atoms with Gasteiger partial charge in [0.25, 0.3) is 0 Å². The number of fused-ring (bicyclic) bond motifs is 1. The largest absolute Gasteiger partial charge is 0.372 e. The Morgan fingerprint density at radius 2 is 2.56 bits per heavy atom. The molecule has 1 aromatic heterocycles. The lowest BCUT2D eigenvalue weighted by Gasteiger charge is -2.13. The van der Waals surface area contributed by atoms with E-state index in [0.717, 1.165) is 13.2 Å². The monoisotopic (exact) mass is 140 g/mol. The van der Waals surface area contributed by atoms with Crippen molar-refractivity contribution in [2.24, 2.45) is 0 Å². The molecule has 2 N–H and O–H groups in total. The molecule has 3 heteroatoms. The summed E-state index contributed by atoms with van der Waals surface area (Å²) in [6.45, 7) is 1.93. The van der Waals surface area contributed by atoms with Crippen LogP contribution in [0.25, 0.3) is 0 Å². The Balaban J connectivity index is 2.39. The molecule has 0 saturated heterocycles. The van der Waals surface area contributed by atoms with Gasteiger partial charge < -0.3 is 5.32 Å². The minimum atomic E-state index is 0.906. The van der Waals surface area contributed by atoms with Gasteiger partial charge in [0.2, 0.25) is 0 Å². The second-order valence-electron chi connectivity index (χ2n) is 2.04. The third kappa shape index (κ3) is 0.821. The third-order valence-electron chi connectivity index (χ3n) is 1.43. The van der Waals surface area contributed by atoms with Gasteiger partial charge in [-0.2, -0.15) is 0 Å². The zero-order valence-electron chi connectivity index (χ0n) is 4.98. The fourth-order valence-corrected chi connectivity index (χ4v) is 1.79. The summed E-state index contributed by atoms with van der Waals surface area (Å²) in [5.74, 6) is 0. The molecule has 0 fully saturated rings. The summed E-state index contributed by atoms with van der Waals surface area (Å²) in [5.41, 5.74) is 1.30. The first-order chi connectivity index (χ1) is 4.47. The Hall–Kier alpha value is -0.540. The van der Waals surface area contributed by atoms with Gasteiger partial charge in [-0.15, -0.1) is 11.3 Å². The van der Waals surface area contributed by atoms with Crippen LogP contribution in [0.3, 0.4) is 0 Å². The SMILES string of the molecule is c1cc2c(s1)CNCN2. The fraction of sp³-hybridized carbons (Fsp3) is 0.333. The molecule has 0 bridgehead atoms. The van der Waals surface area contributed by atoms with E-state index in [9.17, 15) is 0 Å². The maximum atomic E-state index is 3.24. The molecule has 9 heavy (non-hydrogen) atoms. The normalized spacial score (nSPS) is 16.4. The van der Waals surface area contributed by atoms with Gasteiger partial charge in [-0.3, -0.25) is 5.32 Å². The molecule has 0 amide bonds. The van der Waals surface area contributed by atoms with Gasteiger partial charge in [0.15, 0.2) is 0 Å². The Bertz CT molecular complexity index is 186.